The molecule has 1 aromatic carbocycles. The van der Waals surface area contributed by atoms with E-state index in [-0.39, 0.29) is 0 Å². The second-order valence-corrected chi connectivity index (χ2v) is 4.01. The van der Waals surface area contributed by atoms with Gasteiger partial charge >= 0.3 is 0 Å². The Hall–Kier alpha value is -1.63. The lowest BCUT2D eigenvalue weighted by Crippen LogP contribution is -1.90. The average Bonchev–Trinajstić information content (AvgIpc) is 2.37. The van der Waals surface area contributed by atoms with Crippen molar-refractivity contribution in [1.29, 1.82) is 0 Å². The Morgan fingerprint density at radius 1 is 1.19 bits per heavy atom. The molecule has 82 valence electrons. The number of aromatic nitrogens is 1. The summed E-state index contributed by atoms with van der Waals surface area (Å²) in [4.78, 5) is 4.29. The van der Waals surface area contributed by atoms with E-state index in [9.17, 15) is 0 Å². The molecule has 1 aromatic heterocycles. The van der Waals surface area contributed by atoms with Gasteiger partial charge in [0, 0.05) is 17.2 Å². The van der Waals surface area contributed by atoms with Crippen molar-refractivity contribution in [3.05, 3.63) is 53.7 Å². The van der Waals surface area contributed by atoms with Crippen molar-refractivity contribution >= 4 is 0 Å². The lowest BCUT2D eigenvalue weighted by Gasteiger charge is -2.07. The highest BCUT2D eigenvalue weighted by Crippen LogP contribution is 2.21. The van der Waals surface area contributed by atoms with Crippen LogP contribution in [0.1, 0.15) is 36.4 Å². The summed E-state index contributed by atoms with van der Waals surface area (Å²) in [6, 6.07) is 10.4. The molecule has 0 N–H and O–H groups in total. The quantitative estimate of drug-likeness (QED) is 0.732. The smallest absolute Gasteiger partial charge is 0.0704 e. The van der Waals surface area contributed by atoms with Gasteiger partial charge in [-0.3, -0.25) is 4.98 Å². The minimum atomic E-state index is -2.09. The fourth-order valence-electron chi connectivity index (χ4n) is 1.54. The normalized spacial score (nSPS) is 15.9. The van der Waals surface area contributed by atoms with Gasteiger partial charge in [-0.05, 0) is 30.4 Å². The maximum atomic E-state index is 8.05. The molecule has 0 saturated carbocycles. The largest absolute Gasteiger partial charge is 0.256 e. The van der Waals surface area contributed by atoms with Gasteiger partial charge in [0.25, 0.3) is 0 Å². The van der Waals surface area contributed by atoms with Gasteiger partial charge in [0.1, 0.15) is 0 Å². The molecule has 0 spiro atoms. The van der Waals surface area contributed by atoms with E-state index < -0.39 is 12.7 Å². The van der Waals surface area contributed by atoms with Crippen molar-refractivity contribution in [2.24, 2.45) is 0 Å². The molecule has 0 amide bonds. The minimum absolute atomic E-state index is 0.318. The topological polar surface area (TPSA) is 12.9 Å². The van der Waals surface area contributed by atoms with Gasteiger partial charge in [-0.1, -0.05) is 43.7 Å². The zero-order chi connectivity index (χ0) is 15.0. The predicted molar refractivity (Wildman–Crippen MR) is 68.5 cm³/mol. The van der Waals surface area contributed by atoms with Crippen LogP contribution in [0.2, 0.25) is 0 Å². The maximum absolute atomic E-state index is 8.05. The Labute approximate surface area is 103 Å². The molecule has 0 fully saturated rings. The molecular weight excluding hydrogens is 194 g/mol. The van der Waals surface area contributed by atoms with Crippen molar-refractivity contribution < 1.29 is 5.48 Å². The highest BCUT2D eigenvalue weighted by molar-refractivity contribution is 5.60. The van der Waals surface area contributed by atoms with E-state index in [2.05, 4.69) is 4.98 Å². The van der Waals surface area contributed by atoms with Crippen molar-refractivity contribution in [3.8, 4) is 11.3 Å². The van der Waals surface area contributed by atoms with Gasteiger partial charge in [-0.15, -0.1) is 0 Å². The molecule has 2 aromatic rings. The van der Waals surface area contributed by atoms with Crippen LogP contribution < -0.4 is 0 Å². The third kappa shape index (κ3) is 2.30. The van der Waals surface area contributed by atoms with Crippen LogP contribution in [-0.2, 0) is 0 Å². The van der Waals surface area contributed by atoms with Crippen LogP contribution in [-0.4, -0.2) is 4.98 Å². The van der Waals surface area contributed by atoms with Crippen LogP contribution in [0.25, 0.3) is 11.3 Å². The number of rotatable bonds is 2. The Balaban J connectivity index is 2.38. The molecule has 1 heteroatoms. The summed E-state index contributed by atoms with van der Waals surface area (Å²) in [6.07, 6.45) is 1.68. The summed E-state index contributed by atoms with van der Waals surface area (Å²) in [7, 11) is 0. The van der Waals surface area contributed by atoms with Gasteiger partial charge in [-0.25, -0.2) is 0 Å². The van der Waals surface area contributed by atoms with Crippen LogP contribution in [0.3, 0.4) is 0 Å². The van der Waals surface area contributed by atoms with Gasteiger partial charge in [-0.2, -0.15) is 0 Å². The molecule has 0 radical (unpaired) electrons. The first kappa shape index (κ1) is 6.85. The zero-order valence-electron chi connectivity index (χ0n) is 13.5. The van der Waals surface area contributed by atoms with Crippen LogP contribution in [0.5, 0.6) is 0 Å². The van der Waals surface area contributed by atoms with Crippen LogP contribution in [0, 0.1) is 6.85 Å². The molecule has 0 aliphatic rings. The summed E-state index contributed by atoms with van der Waals surface area (Å²) in [6.45, 7) is 1.56. The second kappa shape index (κ2) is 4.48. The molecule has 0 atom stereocenters. The van der Waals surface area contributed by atoms with Crippen LogP contribution in [0.4, 0.5) is 0 Å². The molecular formula is C15H17N. The first-order valence-electron chi connectivity index (χ1n) is 7.25. The molecule has 0 aliphatic carbocycles. The van der Waals surface area contributed by atoms with Crippen LogP contribution in [0.15, 0.2) is 42.6 Å². The SMILES string of the molecule is [2H]C([2H])([2H])c1ccc(-c2cc(C([2H])(C)C)ccn2)cc1. The lowest BCUT2D eigenvalue weighted by atomic mass is 10.0. The number of hydrogen-bond donors (Lipinski definition) is 0. The van der Waals surface area contributed by atoms with E-state index >= 15 is 0 Å². The molecule has 2 rings (SSSR count). The highest BCUT2D eigenvalue weighted by atomic mass is 14.7. The van der Waals surface area contributed by atoms with Crippen molar-refractivity contribution in [3.63, 3.8) is 0 Å². The van der Waals surface area contributed by atoms with E-state index in [1.54, 1.807) is 30.5 Å². The van der Waals surface area contributed by atoms with E-state index in [1.807, 2.05) is 26.0 Å². The van der Waals surface area contributed by atoms with Gasteiger partial charge in [0.2, 0.25) is 0 Å². The average molecular weight is 215 g/mol. The number of aryl methyl sites for hydroxylation is 1. The molecule has 16 heavy (non-hydrogen) atoms. The van der Waals surface area contributed by atoms with Crippen molar-refractivity contribution in [2.75, 3.05) is 0 Å². The summed E-state index contributed by atoms with van der Waals surface area (Å²) < 4.78 is 30.1. The van der Waals surface area contributed by atoms with E-state index in [0.717, 1.165) is 16.8 Å². The molecule has 0 aliphatic heterocycles. The lowest BCUT2D eigenvalue weighted by molar-refractivity contribution is 0.864. The number of hydrogen-bond acceptors (Lipinski definition) is 1. The van der Waals surface area contributed by atoms with E-state index in [4.69, 9.17) is 5.48 Å². The molecule has 1 heterocycles. The number of benzene rings is 1. The van der Waals surface area contributed by atoms with Crippen molar-refractivity contribution in [2.45, 2.75) is 26.6 Å². The molecule has 0 unspecified atom stereocenters. The molecule has 0 saturated heterocycles. The highest BCUT2D eigenvalue weighted by Gasteiger charge is 2.03. The summed E-state index contributed by atoms with van der Waals surface area (Å²) >= 11 is 0. The summed E-state index contributed by atoms with van der Waals surface area (Å²) in [5.74, 6) is -0.684. The fraction of sp³-hybridized carbons (Fsp3) is 0.267. The van der Waals surface area contributed by atoms with Gasteiger partial charge in [0.15, 0.2) is 0 Å². The van der Waals surface area contributed by atoms with Crippen LogP contribution >= 0.6 is 0 Å². The Bertz CT molecular complexity index is 595. The number of pyridine rings is 1. The minimum Gasteiger partial charge on any atom is -0.256 e. The Morgan fingerprint density at radius 2 is 1.94 bits per heavy atom. The monoisotopic (exact) mass is 215 g/mol. The predicted octanol–water partition coefficient (Wildman–Crippen LogP) is 4.18. The standard InChI is InChI=1S/C15H17N/c1-11(2)14-8-9-16-15(10-14)13-6-4-12(3)5-7-13/h4-11H,1-3H3/i3D3,11D. The van der Waals surface area contributed by atoms with Gasteiger partial charge in [0.05, 0.1) is 5.69 Å². The Kier molecular flexibility index (Phi) is 1.92. The van der Waals surface area contributed by atoms with Crippen molar-refractivity contribution in [1.82, 2.24) is 4.98 Å². The van der Waals surface area contributed by atoms with Gasteiger partial charge < -0.3 is 0 Å². The third-order valence-electron chi connectivity index (χ3n) is 2.52. The maximum Gasteiger partial charge on any atom is 0.0704 e. The molecule has 0 bridgehead atoms. The molecule has 1 nitrogen and oxygen atoms in total. The first-order valence-corrected chi connectivity index (χ1v) is 5.25. The first-order chi connectivity index (χ1) is 9.18. The van der Waals surface area contributed by atoms with E-state index in [1.165, 1.54) is 0 Å². The fourth-order valence-corrected chi connectivity index (χ4v) is 1.54. The van der Waals surface area contributed by atoms with E-state index in [0.29, 0.717) is 5.56 Å². The summed E-state index contributed by atoms with van der Waals surface area (Å²) in [5, 5.41) is 0. The second-order valence-electron chi connectivity index (χ2n) is 4.01. The Morgan fingerprint density at radius 3 is 2.56 bits per heavy atom. The third-order valence-corrected chi connectivity index (χ3v) is 2.52. The summed E-state index contributed by atoms with van der Waals surface area (Å²) in [5.41, 5.74) is 2.80. The number of nitrogens with zero attached hydrogens (tertiary/aromatic N) is 1. The zero-order valence-corrected chi connectivity index (χ0v) is 9.49.